The molecule has 0 amide bonds. The first kappa shape index (κ1) is 16.1. The van der Waals surface area contributed by atoms with Gasteiger partial charge >= 0.3 is 0 Å². The van der Waals surface area contributed by atoms with Crippen LogP contribution < -0.4 is 5.32 Å². The van der Waals surface area contributed by atoms with Gasteiger partial charge in [0.25, 0.3) is 0 Å². The van der Waals surface area contributed by atoms with Gasteiger partial charge in [0.2, 0.25) is 0 Å². The zero-order valence-electron chi connectivity index (χ0n) is 13.3. The van der Waals surface area contributed by atoms with E-state index in [1.165, 1.54) is 21.7 Å². The van der Waals surface area contributed by atoms with E-state index < -0.39 is 0 Å². The summed E-state index contributed by atoms with van der Waals surface area (Å²) in [4.78, 5) is 6.14. The maximum Gasteiger partial charge on any atom is 0.115 e. The molecule has 1 N–H and O–H groups in total. The van der Waals surface area contributed by atoms with Crippen LogP contribution in [0.3, 0.4) is 0 Å². The number of ether oxygens (including phenoxy) is 1. The molecule has 0 radical (unpaired) electrons. The highest BCUT2D eigenvalue weighted by Gasteiger charge is 2.18. The van der Waals surface area contributed by atoms with E-state index in [0.29, 0.717) is 6.61 Å². The molecule has 1 atom stereocenters. The van der Waals surface area contributed by atoms with Gasteiger partial charge in [0, 0.05) is 12.0 Å². The van der Waals surface area contributed by atoms with Gasteiger partial charge in [-0.15, -0.1) is 11.3 Å². The van der Waals surface area contributed by atoms with E-state index in [2.05, 4.69) is 50.4 Å². The number of aromatic nitrogens is 1. The third-order valence-electron chi connectivity index (χ3n) is 3.52. The number of nitrogens with one attached hydrogen (secondary N) is 1. The second-order valence-electron chi connectivity index (χ2n) is 5.07. The van der Waals surface area contributed by atoms with Crippen LogP contribution in [0.5, 0.6) is 0 Å². The van der Waals surface area contributed by atoms with Gasteiger partial charge in [0.15, 0.2) is 0 Å². The Morgan fingerprint density at radius 3 is 2.48 bits per heavy atom. The molecule has 0 aliphatic rings. The number of methoxy groups -OCH3 is 1. The lowest BCUT2D eigenvalue weighted by Crippen LogP contribution is -2.21. The molecule has 2 aromatic rings. The van der Waals surface area contributed by atoms with Crippen LogP contribution in [0.4, 0.5) is 0 Å². The highest BCUT2D eigenvalue weighted by molar-refractivity contribution is 7.11. The van der Waals surface area contributed by atoms with Crippen LogP contribution in [0, 0.1) is 6.92 Å². The summed E-state index contributed by atoms with van der Waals surface area (Å²) in [6.45, 7) is 8.03. The molecule has 1 aromatic carbocycles. The van der Waals surface area contributed by atoms with E-state index in [-0.39, 0.29) is 6.04 Å². The summed E-state index contributed by atoms with van der Waals surface area (Å²) in [5, 5.41) is 4.71. The molecule has 1 unspecified atom stereocenters. The number of hydrogen-bond acceptors (Lipinski definition) is 4. The zero-order valence-corrected chi connectivity index (χ0v) is 14.1. The van der Waals surface area contributed by atoms with Crippen molar-refractivity contribution >= 4 is 11.3 Å². The molecular formula is C17H24N2OS. The number of nitrogens with zero attached hydrogens (tertiary/aromatic N) is 1. The Bertz CT molecular complexity index is 563. The van der Waals surface area contributed by atoms with Crippen molar-refractivity contribution in [2.24, 2.45) is 0 Å². The minimum absolute atomic E-state index is 0.176. The highest BCUT2D eigenvalue weighted by Crippen LogP contribution is 2.28. The van der Waals surface area contributed by atoms with E-state index in [9.17, 15) is 0 Å². The molecule has 0 saturated heterocycles. The third-order valence-corrected chi connectivity index (χ3v) is 4.60. The first-order valence-corrected chi connectivity index (χ1v) is 8.28. The average Bonchev–Trinajstić information content (AvgIpc) is 2.87. The second kappa shape index (κ2) is 7.69. The Labute approximate surface area is 131 Å². The predicted molar refractivity (Wildman–Crippen MR) is 88.9 cm³/mol. The number of thiazole rings is 1. The first-order valence-electron chi connectivity index (χ1n) is 7.46. The van der Waals surface area contributed by atoms with E-state index in [1.54, 1.807) is 18.4 Å². The van der Waals surface area contributed by atoms with Crippen LogP contribution in [0.1, 0.15) is 46.6 Å². The van der Waals surface area contributed by atoms with E-state index >= 15 is 0 Å². The standard InChI is InChI=1S/C17H24N2OS/c1-5-15-12(3)21-17(19-15)16(18-6-2)14-9-7-13(8-10-14)11-20-4/h7-10,16,18H,5-6,11H2,1-4H3. The molecule has 1 heterocycles. The summed E-state index contributed by atoms with van der Waals surface area (Å²) >= 11 is 1.80. The van der Waals surface area contributed by atoms with Crippen LogP contribution in [0.15, 0.2) is 24.3 Å². The highest BCUT2D eigenvalue weighted by atomic mass is 32.1. The summed E-state index contributed by atoms with van der Waals surface area (Å²) in [5.41, 5.74) is 3.67. The normalized spacial score (nSPS) is 12.6. The quantitative estimate of drug-likeness (QED) is 0.843. The lowest BCUT2D eigenvalue weighted by molar-refractivity contribution is 0.185. The zero-order chi connectivity index (χ0) is 15.2. The first-order chi connectivity index (χ1) is 10.2. The number of benzene rings is 1. The Morgan fingerprint density at radius 1 is 1.24 bits per heavy atom. The predicted octanol–water partition coefficient (Wildman–Crippen LogP) is 3.86. The molecule has 0 aliphatic heterocycles. The molecule has 1 aromatic heterocycles. The summed E-state index contributed by atoms with van der Waals surface area (Å²) < 4.78 is 5.17. The van der Waals surface area contributed by atoms with Crippen molar-refractivity contribution in [1.82, 2.24) is 10.3 Å². The van der Waals surface area contributed by atoms with Crippen molar-refractivity contribution in [1.29, 1.82) is 0 Å². The number of rotatable bonds is 7. The van der Waals surface area contributed by atoms with E-state index in [0.717, 1.165) is 18.0 Å². The van der Waals surface area contributed by atoms with Crippen LogP contribution in [-0.2, 0) is 17.8 Å². The Balaban J connectivity index is 2.28. The van der Waals surface area contributed by atoms with Crippen molar-refractivity contribution in [2.75, 3.05) is 13.7 Å². The van der Waals surface area contributed by atoms with Crippen molar-refractivity contribution in [3.8, 4) is 0 Å². The van der Waals surface area contributed by atoms with Crippen molar-refractivity contribution < 1.29 is 4.74 Å². The van der Waals surface area contributed by atoms with Crippen molar-refractivity contribution in [3.63, 3.8) is 0 Å². The summed E-state index contributed by atoms with van der Waals surface area (Å²) in [5.74, 6) is 0. The Hall–Kier alpha value is -1.23. The summed E-state index contributed by atoms with van der Waals surface area (Å²) in [6.07, 6.45) is 0.994. The SMILES string of the molecule is CCNC(c1ccc(COC)cc1)c1nc(CC)c(C)s1. The summed E-state index contributed by atoms with van der Waals surface area (Å²) in [7, 11) is 1.72. The average molecular weight is 304 g/mol. The molecule has 21 heavy (non-hydrogen) atoms. The second-order valence-corrected chi connectivity index (χ2v) is 6.31. The molecule has 0 spiro atoms. The molecule has 0 saturated carbocycles. The largest absolute Gasteiger partial charge is 0.380 e. The Kier molecular flexibility index (Phi) is 5.91. The fourth-order valence-corrected chi connectivity index (χ4v) is 3.54. The molecule has 0 bridgehead atoms. The molecule has 0 fully saturated rings. The lowest BCUT2D eigenvalue weighted by Gasteiger charge is -2.16. The van der Waals surface area contributed by atoms with Gasteiger partial charge in [-0.05, 0) is 31.0 Å². The molecule has 0 aliphatic carbocycles. The molecule has 3 nitrogen and oxygen atoms in total. The van der Waals surface area contributed by atoms with Crippen molar-refractivity contribution in [3.05, 3.63) is 51.0 Å². The smallest absolute Gasteiger partial charge is 0.115 e. The topological polar surface area (TPSA) is 34.1 Å². The van der Waals surface area contributed by atoms with Gasteiger partial charge in [0.05, 0.1) is 18.3 Å². The Morgan fingerprint density at radius 2 is 1.95 bits per heavy atom. The van der Waals surface area contributed by atoms with E-state index in [1.807, 2.05) is 0 Å². The van der Waals surface area contributed by atoms with E-state index in [4.69, 9.17) is 9.72 Å². The summed E-state index contributed by atoms with van der Waals surface area (Å²) in [6, 6.07) is 8.78. The molecular weight excluding hydrogens is 280 g/mol. The monoisotopic (exact) mass is 304 g/mol. The fraction of sp³-hybridized carbons (Fsp3) is 0.471. The molecule has 4 heteroatoms. The number of aryl methyl sites for hydroxylation is 2. The third kappa shape index (κ3) is 3.90. The van der Waals surface area contributed by atoms with Crippen LogP contribution in [0.2, 0.25) is 0 Å². The van der Waals surface area contributed by atoms with Gasteiger partial charge in [-0.1, -0.05) is 38.1 Å². The maximum atomic E-state index is 5.17. The van der Waals surface area contributed by atoms with Gasteiger partial charge in [-0.2, -0.15) is 0 Å². The van der Waals surface area contributed by atoms with Gasteiger partial charge < -0.3 is 10.1 Å². The van der Waals surface area contributed by atoms with Gasteiger partial charge in [-0.25, -0.2) is 4.98 Å². The van der Waals surface area contributed by atoms with Crippen molar-refractivity contribution in [2.45, 2.75) is 39.8 Å². The maximum absolute atomic E-state index is 5.17. The minimum atomic E-state index is 0.176. The van der Waals surface area contributed by atoms with Gasteiger partial charge in [-0.3, -0.25) is 0 Å². The lowest BCUT2D eigenvalue weighted by atomic mass is 10.1. The fourth-order valence-electron chi connectivity index (χ4n) is 2.43. The van der Waals surface area contributed by atoms with Crippen LogP contribution in [0.25, 0.3) is 0 Å². The molecule has 114 valence electrons. The van der Waals surface area contributed by atoms with Crippen LogP contribution >= 0.6 is 11.3 Å². The molecule has 2 rings (SSSR count). The van der Waals surface area contributed by atoms with Crippen LogP contribution in [-0.4, -0.2) is 18.6 Å². The minimum Gasteiger partial charge on any atom is -0.380 e. The number of hydrogen-bond donors (Lipinski definition) is 1. The van der Waals surface area contributed by atoms with Gasteiger partial charge in [0.1, 0.15) is 5.01 Å².